The molecule has 0 aliphatic rings. The molecule has 0 unspecified atom stereocenters. The highest BCUT2D eigenvalue weighted by atomic mass is 35.5. The molecule has 0 amide bonds. The van der Waals surface area contributed by atoms with E-state index in [1.165, 1.54) is 0 Å². The minimum absolute atomic E-state index is 0.0322. The van der Waals surface area contributed by atoms with Gasteiger partial charge in [0, 0.05) is 17.3 Å². The summed E-state index contributed by atoms with van der Waals surface area (Å²) in [5, 5.41) is 7.97. The Morgan fingerprint density at radius 3 is 2.77 bits per heavy atom. The van der Waals surface area contributed by atoms with Crippen LogP contribution < -0.4 is 10.6 Å². The first-order valence-electron chi connectivity index (χ1n) is 4.02. The first-order chi connectivity index (χ1) is 6.15. The lowest BCUT2D eigenvalue weighted by Gasteiger charge is -2.20. The van der Waals surface area contributed by atoms with E-state index in [2.05, 4.69) is 0 Å². The molecule has 0 radical (unpaired) electrons. The Bertz CT molecular complexity index is 311. The van der Waals surface area contributed by atoms with Gasteiger partial charge < -0.3 is 10.6 Å². The Hall–Kier alpha value is -1.22. The van der Waals surface area contributed by atoms with E-state index in [9.17, 15) is 0 Å². The average Bonchev–Trinajstić information content (AvgIpc) is 2.04. The van der Waals surface area contributed by atoms with Crippen molar-refractivity contribution in [1.29, 1.82) is 5.41 Å². The van der Waals surface area contributed by atoms with Gasteiger partial charge in [0.05, 0.1) is 0 Å². The molecule has 1 aromatic carbocycles. The smallest absolute Gasteiger partial charge is 0.192 e. The summed E-state index contributed by atoms with van der Waals surface area (Å²) in [5.74, 6) is 0.0322. The van der Waals surface area contributed by atoms with E-state index in [0.717, 1.165) is 5.69 Å². The van der Waals surface area contributed by atoms with E-state index in [-0.39, 0.29) is 5.96 Å². The van der Waals surface area contributed by atoms with E-state index in [0.29, 0.717) is 11.6 Å². The number of hydrogen-bond acceptors (Lipinski definition) is 1. The molecule has 3 N–H and O–H groups in total. The van der Waals surface area contributed by atoms with Crippen LogP contribution in [0.4, 0.5) is 5.69 Å². The number of nitrogens with two attached hydrogens (primary N) is 1. The summed E-state index contributed by atoms with van der Waals surface area (Å²) in [4.78, 5) is 1.67. The van der Waals surface area contributed by atoms with Crippen LogP contribution in [0.25, 0.3) is 0 Å². The van der Waals surface area contributed by atoms with Gasteiger partial charge in [0.15, 0.2) is 5.96 Å². The van der Waals surface area contributed by atoms with Crippen molar-refractivity contribution in [3.8, 4) is 0 Å². The van der Waals surface area contributed by atoms with Gasteiger partial charge in [0.2, 0.25) is 0 Å². The van der Waals surface area contributed by atoms with Crippen LogP contribution in [0.15, 0.2) is 24.3 Å². The predicted octanol–water partition coefficient (Wildman–Crippen LogP) is 2.06. The van der Waals surface area contributed by atoms with Crippen LogP contribution in [0.1, 0.15) is 6.92 Å². The lowest BCUT2D eigenvalue weighted by Crippen LogP contribution is -2.36. The quantitative estimate of drug-likeness (QED) is 0.563. The van der Waals surface area contributed by atoms with Gasteiger partial charge in [0.1, 0.15) is 0 Å². The first-order valence-corrected chi connectivity index (χ1v) is 4.40. The summed E-state index contributed by atoms with van der Waals surface area (Å²) >= 11 is 5.81. The van der Waals surface area contributed by atoms with Crippen molar-refractivity contribution in [2.75, 3.05) is 11.4 Å². The van der Waals surface area contributed by atoms with Crippen molar-refractivity contribution >= 4 is 23.2 Å². The van der Waals surface area contributed by atoms with Gasteiger partial charge in [-0.25, -0.2) is 0 Å². The number of anilines is 1. The fraction of sp³-hybridized carbons (Fsp3) is 0.222. The second-order valence-corrected chi connectivity index (χ2v) is 3.05. The molecule has 1 rings (SSSR count). The van der Waals surface area contributed by atoms with E-state index in [1.807, 2.05) is 19.1 Å². The molecule has 0 spiro atoms. The highest BCUT2D eigenvalue weighted by Crippen LogP contribution is 2.18. The van der Waals surface area contributed by atoms with E-state index in [4.69, 9.17) is 22.7 Å². The van der Waals surface area contributed by atoms with Crippen molar-refractivity contribution in [2.45, 2.75) is 6.92 Å². The predicted molar refractivity (Wildman–Crippen MR) is 56.4 cm³/mol. The van der Waals surface area contributed by atoms with Gasteiger partial charge in [-0.1, -0.05) is 17.7 Å². The van der Waals surface area contributed by atoms with Crippen LogP contribution in [-0.4, -0.2) is 12.5 Å². The molecule has 0 fully saturated rings. The molecule has 0 aliphatic heterocycles. The van der Waals surface area contributed by atoms with Crippen LogP contribution in [0.3, 0.4) is 0 Å². The molecule has 0 saturated carbocycles. The standard InChI is InChI=1S/C9H12ClN3/c1-2-13(9(11)12)8-5-3-4-7(10)6-8/h3-6H,2H2,1H3,(H3,11,12). The lowest BCUT2D eigenvalue weighted by atomic mass is 10.3. The second-order valence-electron chi connectivity index (χ2n) is 2.61. The normalized spacial score (nSPS) is 9.69. The van der Waals surface area contributed by atoms with Crippen molar-refractivity contribution in [3.05, 3.63) is 29.3 Å². The van der Waals surface area contributed by atoms with Crippen LogP contribution in [0.2, 0.25) is 5.02 Å². The number of benzene rings is 1. The summed E-state index contributed by atoms with van der Waals surface area (Å²) in [6.45, 7) is 2.60. The number of halogens is 1. The average molecular weight is 198 g/mol. The number of guanidine groups is 1. The van der Waals surface area contributed by atoms with Crippen LogP contribution in [-0.2, 0) is 0 Å². The fourth-order valence-corrected chi connectivity index (χ4v) is 1.32. The van der Waals surface area contributed by atoms with Gasteiger partial charge in [-0.3, -0.25) is 5.41 Å². The molecule has 0 aliphatic carbocycles. The SMILES string of the molecule is CCN(C(=N)N)c1cccc(Cl)c1. The zero-order valence-corrected chi connectivity index (χ0v) is 8.17. The highest BCUT2D eigenvalue weighted by Gasteiger charge is 2.06. The molecular weight excluding hydrogens is 186 g/mol. The van der Waals surface area contributed by atoms with E-state index >= 15 is 0 Å². The Kier molecular flexibility index (Phi) is 3.14. The topological polar surface area (TPSA) is 53.1 Å². The Balaban J connectivity index is 2.98. The number of nitrogens with one attached hydrogen (secondary N) is 1. The molecule has 0 aromatic heterocycles. The number of hydrogen-bond donors (Lipinski definition) is 2. The minimum Gasteiger partial charge on any atom is -0.370 e. The summed E-state index contributed by atoms with van der Waals surface area (Å²) in [6, 6.07) is 7.28. The largest absolute Gasteiger partial charge is 0.370 e. The molecule has 13 heavy (non-hydrogen) atoms. The maximum atomic E-state index is 7.32. The fourth-order valence-electron chi connectivity index (χ4n) is 1.14. The second kappa shape index (κ2) is 4.14. The Morgan fingerprint density at radius 1 is 1.62 bits per heavy atom. The molecule has 3 nitrogen and oxygen atoms in total. The van der Waals surface area contributed by atoms with Crippen molar-refractivity contribution in [3.63, 3.8) is 0 Å². The van der Waals surface area contributed by atoms with Gasteiger partial charge in [-0.05, 0) is 25.1 Å². The molecular formula is C9H12ClN3. The van der Waals surface area contributed by atoms with E-state index < -0.39 is 0 Å². The maximum Gasteiger partial charge on any atom is 0.192 e. The van der Waals surface area contributed by atoms with Crippen molar-refractivity contribution in [2.24, 2.45) is 5.73 Å². The molecule has 4 heteroatoms. The first kappa shape index (κ1) is 9.86. The molecule has 0 bridgehead atoms. The number of rotatable bonds is 2. The van der Waals surface area contributed by atoms with Crippen molar-refractivity contribution in [1.82, 2.24) is 0 Å². The van der Waals surface area contributed by atoms with Crippen LogP contribution in [0, 0.1) is 5.41 Å². The molecule has 0 saturated heterocycles. The summed E-state index contributed by atoms with van der Waals surface area (Å²) in [7, 11) is 0. The third-order valence-corrected chi connectivity index (χ3v) is 1.96. The van der Waals surface area contributed by atoms with Crippen LogP contribution >= 0.6 is 11.6 Å². The third kappa shape index (κ3) is 2.36. The van der Waals surface area contributed by atoms with Crippen LogP contribution in [0.5, 0.6) is 0 Å². The summed E-state index contributed by atoms with van der Waals surface area (Å²) < 4.78 is 0. The zero-order valence-electron chi connectivity index (χ0n) is 7.42. The molecule has 0 atom stereocenters. The molecule has 70 valence electrons. The molecule has 1 aromatic rings. The number of nitrogens with zero attached hydrogens (tertiary/aromatic N) is 1. The van der Waals surface area contributed by atoms with Gasteiger partial charge >= 0.3 is 0 Å². The zero-order chi connectivity index (χ0) is 9.84. The Morgan fingerprint density at radius 2 is 2.31 bits per heavy atom. The lowest BCUT2D eigenvalue weighted by molar-refractivity contribution is 1.03. The van der Waals surface area contributed by atoms with Gasteiger partial charge in [-0.2, -0.15) is 0 Å². The summed E-state index contributed by atoms with van der Waals surface area (Å²) in [6.07, 6.45) is 0. The summed E-state index contributed by atoms with van der Waals surface area (Å²) in [5.41, 5.74) is 6.24. The molecule has 0 heterocycles. The minimum atomic E-state index is 0.0322. The van der Waals surface area contributed by atoms with E-state index in [1.54, 1.807) is 17.0 Å². The monoisotopic (exact) mass is 197 g/mol. The Labute approximate surface area is 82.6 Å². The van der Waals surface area contributed by atoms with Gasteiger partial charge in [0.25, 0.3) is 0 Å². The highest BCUT2D eigenvalue weighted by molar-refractivity contribution is 6.30. The van der Waals surface area contributed by atoms with Gasteiger partial charge in [-0.15, -0.1) is 0 Å². The van der Waals surface area contributed by atoms with Crippen molar-refractivity contribution < 1.29 is 0 Å². The maximum absolute atomic E-state index is 7.32. The third-order valence-electron chi connectivity index (χ3n) is 1.73.